The molecule has 0 spiro atoms. The maximum atomic E-state index is 13.2. The third-order valence-corrected chi connectivity index (χ3v) is 5.21. The van der Waals surface area contributed by atoms with Gasteiger partial charge in [-0.2, -0.15) is 0 Å². The summed E-state index contributed by atoms with van der Waals surface area (Å²) in [7, 11) is 0. The van der Waals surface area contributed by atoms with Crippen LogP contribution in [-0.2, 0) is 9.53 Å². The molecular formula is C22H20FNO4S. The zero-order chi connectivity index (χ0) is 20.8. The minimum atomic E-state index is -0.527. The summed E-state index contributed by atoms with van der Waals surface area (Å²) in [5, 5.41) is 2.71. The highest BCUT2D eigenvalue weighted by Crippen LogP contribution is 2.35. The molecule has 0 aliphatic rings. The molecule has 150 valence electrons. The van der Waals surface area contributed by atoms with Crippen LogP contribution in [0.5, 0.6) is 5.75 Å². The first-order valence-corrected chi connectivity index (χ1v) is 9.84. The number of aryl methyl sites for hydroxylation is 1. The third kappa shape index (κ3) is 5.20. The molecule has 1 heterocycles. The van der Waals surface area contributed by atoms with Gasteiger partial charge in [-0.3, -0.25) is 4.79 Å². The lowest BCUT2D eigenvalue weighted by Crippen LogP contribution is -2.21. The molecule has 5 nitrogen and oxygen atoms in total. The molecule has 0 atom stereocenters. The molecule has 0 unspecified atom stereocenters. The molecule has 3 rings (SSSR count). The zero-order valence-electron chi connectivity index (χ0n) is 16.0. The van der Waals surface area contributed by atoms with E-state index in [9.17, 15) is 14.0 Å². The van der Waals surface area contributed by atoms with E-state index < -0.39 is 11.9 Å². The van der Waals surface area contributed by atoms with E-state index in [0.29, 0.717) is 16.3 Å². The van der Waals surface area contributed by atoms with Crippen molar-refractivity contribution in [1.29, 1.82) is 0 Å². The van der Waals surface area contributed by atoms with Gasteiger partial charge < -0.3 is 14.8 Å². The smallest absolute Gasteiger partial charge is 0.350 e. The summed E-state index contributed by atoms with van der Waals surface area (Å²) in [6, 6.07) is 15.0. The molecule has 0 fully saturated rings. The van der Waals surface area contributed by atoms with Gasteiger partial charge in [-0.25, -0.2) is 9.18 Å². The minimum absolute atomic E-state index is 0.200. The largest absolute Gasteiger partial charge is 0.483 e. The van der Waals surface area contributed by atoms with Crippen LogP contribution < -0.4 is 10.1 Å². The van der Waals surface area contributed by atoms with Crippen molar-refractivity contribution in [3.8, 4) is 16.2 Å². The number of carbonyl (C=O) groups excluding carboxylic acids is 2. The zero-order valence-corrected chi connectivity index (χ0v) is 16.8. The van der Waals surface area contributed by atoms with Crippen LogP contribution in [-0.4, -0.2) is 25.1 Å². The number of thiophene rings is 1. The van der Waals surface area contributed by atoms with E-state index in [4.69, 9.17) is 9.47 Å². The first-order valence-electron chi connectivity index (χ1n) is 9.03. The van der Waals surface area contributed by atoms with E-state index in [0.717, 1.165) is 11.1 Å². The Hall–Kier alpha value is -3.19. The van der Waals surface area contributed by atoms with E-state index in [1.165, 1.54) is 23.5 Å². The average Bonchev–Trinajstić information content (AvgIpc) is 3.12. The van der Waals surface area contributed by atoms with Gasteiger partial charge in [0.05, 0.1) is 12.3 Å². The SMILES string of the molecule is CCOC(=O)c1sc(-c2ccc(F)cc2)cc1NC(=O)COc1ccccc1C. The number of hydrogen-bond donors (Lipinski definition) is 1. The molecule has 29 heavy (non-hydrogen) atoms. The monoisotopic (exact) mass is 413 g/mol. The van der Waals surface area contributed by atoms with Gasteiger partial charge in [-0.1, -0.05) is 30.3 Å². The molecule has 0 saturated heterocycles. The molecule has 7 heteroatoms. The van der Waals surface area contributed by atoms with E-state index >= 15 is 0 Å². The van der Waals surface area contributed by atoms with Gasteiger partial charge in [-0.15, -0.1) is 11.3 Å². The number of anilines is 1. The highest BCUT2D eigenvalue weighted by atomic mass is 32.1. The lowest BCUT2D eigenvalue weighted by Gasteiger charge is -2.09. The number of hydrogen-bond acceptors (Lipinski definition) is 5. The summed E-state index contributed by atoms with van der Waals surface area (Å²) in [5.74, 6) is -0.661. The molecule has 3 aromatic rings. The maximum absolute atomic E-state index is 13.2. The lowest BCUT2D eigenvalue weighted by molar-refractivity contribution is -0.118. The summed E-state index contributed by atoms with van der Waals surface area (Å²) in [6.45, 7) is 3.61. The van der Waals surface area contributed by atoms with Crippen LogP contribution in [0.3, 0.4) is 0 Å². The van der Waals surface area contributed by atoms with Crippen molar-refractivity contribution in [2.75, 3.05) is 18.5 Å². The number of halogens is 1. The van der Waals surface area contributed by atoms with Crippen LogP contribution in [0.2, 0.25) is 0 Å². The fourth-order valence-corrected chi connectivity index (χ4v) is 3.65. The molecule has 1 amide bonds. The Morgan fingerprint density at radius 3 is 2.52 bits per heavy atom. The van der Waals surface area contributed by atoms with Crippen molar-refractivity contribution in [3.63, 3.8) is 0 Å². The van der Waals surface area contributed by atoms with Gasteiger partial charge >= 0.3 is 5.97 Å². The molecular weight excluding hydrogens is 393 g/mol. The van der Waals surface area contributed by atoms with Gasteiger partial charge in [0, 0.05) is 4.88 Å². The Morgan fingerprint density at radius 2 is 1.83 bits per heavy atom. The number of amides is 1. The van der Waals surface area contributed by atoms with Gasteiger partial charge in [0.15, 0.2) is 6.61 Å². The quantitative estimate of drug-likeness (QED) is 0.550. The highest BCUT2D eigenvalue weighted by molar-refractivity contribution is 7.18. The number of esters is 1. The van der Waals surface area contributed by atoms with Crippen molar-refractivity contribution in [2.45, 2.75) is 13.8 Å². The fraction of sp³-hybridized carbons (Fsp3) is 0.182. The minimum Gasteiger partial charge on any atom is -0.483 e. The Bertz CT molecular complexity index is 1010. The van der Waals surface area contributed by atoms with Crippen LogP contribution in [0.4, 0.5) is 10.1 Å². The molecule has 1 N–H and O–H groups in total. The van der Waals surface area contributed by atoms with Crippen LogP contribution in [0, 0.1) is 12.7 Å². The summed E-state index contributed by atoms with van der Waals surface area (Å²) >= 11 is 1.17. The first kappa shape index (κ1) is 20.5. The topological polar surface area (TPSA) is 64.6 Å². The summed E-state index contributed by atoms with van der Waals surface area (Å²) in [5.41, 5.74) is 1.99. The van der Waals surface area contributed by atoms with E-state index in [2.05, 4.69) is 5.32 Å². The lowest BCUT2D eigenvalue weighted by atomic mass is 10.2. The maximum Gasteiger partial charge on any atom is 0.350 e. The van der Waals surface area contributed by atoms with Crippen LogP contribution in [0.15, 0.2) is 54.6 Å². The van der Waals surface area contributed by atoms with Gasteiger partial charge in [0.25, 0.3) is 5.91 Å². The second kappa shape index (κ2) is 9.34. The second-order valence-corrected chi connectivity index (χ2v) is 7.24. The molecule has 0 aliphatic heterocycles. The van der Waals surface area contributed by atoms with Crippen molar-refractivity contribution < 1.29 is 23.5 Å². The summed E-state index contributed by atoms with van der Waals surface area (Å²) in [6.07, 6.45) is 0. The molecule has 0 bridgehead atoms. The Kier molecular flexibility index (Phi) is 6.61. The van der Waals surface area contributed by atoms with Crippen LogP contribution in [0.1, 0.15) is 22.2 Å². The van der Waals surface area contributed by atoms with Gasteiger partial charge in [-0.05, 0) is 49.2 Å². The van der Waals surface area contributed by atoms with Crippen LogP contribution in [0.25, 0.3) is 10.4 Å². The predicted octanol–water partition coefficient (Wildman–Crippen LogP) is 5.06. The van der Waals surface area contributed by atoms with E-state index in [1.807, 2.05) is 25.1 Å². The number of benzene rings is 2. The molecule has 0 aliphatic carbocycles. The van der Waals surface area contributed by atoms with E-state index in [1.54, 1.807) is 31.2 Å². The van der Waals surface area contributed by atoms with Gasteiger partial charge in [0.2, 0.25) is 0 Å². The molecule has 0 radical (unpaired) electrons. The predicted molar refractivity (Wildman–Crippen MR) is 111 cm³/mol. The number of nitrogens with one attached hydrogen (secondary N) is 1. The Balaban J connectivity index is 1.79. The molecule has 1 aromatic heterocycles. The standard InChI is InChI=1S/C22H20FNO4S/c1-3-27-22(26)21-17(12-19(29-21)15-8-10-16(23)11-9-15)24-20(25)13-28-18-7-5-4-6-14(18)2/h4-12H,3,13H2,1-2H3,(H,24,25). The van der Waals surface area contributed by atoms with Crippen LogP contribution >= 0.6 is 11.3 Å². The number of rotatable bonds is 7. The summed E-state index contributed by atoms with van der Waals surface area (Å²) in [4.78, 5) is 25.7. The van der Waals surface area contributed by atoms with Crippen molar-refractivity contribution in [3.05, 3.63) is 70.9 Å². The summed E-state index contributed by atoms with van der Waals surface area (Å²) < 4.78 is 23.8. The fourth-order valence-electron chi connectivity index (χ4n) is 2.64. The van der Waals surface area contributed by atoms with Gasteiger partial charge in [0.1, 0.15) is 16.4 Å². The normalized spacial score (nSPS) is 10.4. The van der Waals surface area contributed by atoms with Crippen molar-refractivity contribution >= 4 is 28.9 Å². The van der Waals surface area contributed by atoms with Crippen molar-refractivity contribution in [1.82, 2.24) is 0 Å². The molecule has 2 aromatic carbocycles. The number of carbonyl (C=O) groups is 2. The highest BCUT2D eigenvalue weighted by Gasteiger charge is 2.20. The first-order chi connectivity index (χ1) is 14.0. The number of para-hydroxylation sites is 1. The van der Waals surface area contributed by atoms with Crippen molar-refractivity contribution in [2.24, 2.45) is 0 Å². The molecule has 0 saturated carbocycles. The second-order valence-electron chi connectivity index (χ2n) is 6.18. The number of ether oxygens (including phenoxy) is 2. The van der Waals surface area contributed by atoms with E-state index in [-0.39, 0.29) is 23.9 Å². The Labute approximate surface area is 172 Å². The average molecular weight is 413 g/mol. The third-order valence-electron chi connectivity index (χ3n) is 4.05. The Morgan fingerprint density at radius 1 is 1.10 bits per heavy atom.